The fourth-order valence-corrected chi connectivity index (χ4v) is 2.92. The van der Waals surface area contributed by atoms with Gasteiger partial charge in [-0.15, -0.1) is 11.3 Å². The topological polar surface area (TPSA) is 55.1 Å². The maximum Gasteiger partial charge on any atom is 0.254 e. The van der Waals surface area contributed by atoms with Crippen LogP contribution in [-0.2, 0) is 0 Å². The highest BCUT2D eigenvalue weighted by molar-refractivity contribution is 7.19. The number of thiophene rings is 1. The van der Waals surface area contributed by atoms with Crippen molar-refractivity contribution in [2.24, 2.45) is 0 Å². The van der Waals surface area contributed by atoms with Crippen LogP contribution in [0.15, 0.2) is 24.3 Å². The average molecular weight is 264 g/mol. The van der Waals surface area contributed by atoms with E-state index in [2.05, 4.69) is 5.32 Å². The molecule has 1 aromatic carbocycles. The molecule has 0 saturated heterocycles. The van der Waals surface area contributed by atoms with Crippen LogP contribution in [0.4, 0.5) is 9.39 Å². The summed E-state index contributed by atoms with van der Waals surface area (Å²) in [6.45, 7) is 1.82. The molecule has 0 radical (unpaired) electrons. The lowest BCUT2D eigenvalue weighted by atomic mass is 10.1. The summed E-state index contributed by atoms with van der Waals surface area (Å²) in [6.07, 6.45) is 0. The van der Waals surface area contributed by atoms with E-state index in [0.29, 0.717) is 10.6 Å². The molecule has 0 aliphatic rings. The minimum Gasteiger partial charge on any atom is -0.390 e. The Hall–Kier alpha value is -1.88. The number of rotatable bonds is 2. The molecule has 2 rings (SSSR count). The minimum absolute atomic E-state index is 0.219. The zero-order chi connectivity index (χ0) is 13.3. The van der Waals surface area contributed by atoms with Gasteiger partial charge in [0.2, 0.25) is 0 Å². The monoisotopic (exact) mass is 264 g/mol. The number of carbonyl (C=O) groups excluding carboxylic acids is 1. The molecule has 1 amide bonds. The summed E-state index contributed by atoms with van der Waals surface area (Å²) in [5.74, 6) is -0.524. The van der Waals surface area contributed by atoms with Crippen molar-refractivity contribution in [3.05, 3.63) is 41.2 Å². The van der Waals surface area contributed by atoms with Crippen molar-refractivity contribution in [3.8, 4) is 10.4 Å². The van der Waals surface area contributed by atoms with E-state index in [-0.39, 0.29) is 11.7 Å². The van der Waals surface area contributed by atoms with Crippen molar-refractivity contribution < 1.29 is 9.18 Å². The molecule has 0 saturated carbocycles. The Morgan fingerprint density at radius 2 is 2.17 bits per heavy atom. The summed E-state index contributed by atoms with van der Waals surface area (Å²) in [6, 6.07) is 6.26. The fraction of sp³-hybridized carbons (Fsp3) is 0.154. The lowest BCUT2D eigenvalue weighted by molar-refractivity contribution is 0.0964. The molecule has 0 fully saturated rings. The van der Waals surface area contributed by atoms with Gasteiger partial charge in [-0.1, -0.05) is 12.1 Å². The van der Waals surface area contributed by atoms with Gasteiger partial charge >= 0.3 is 0 Å². The predicted molar refractivity (Wildman–Crippen MR) is 72.3 cm³/mol. The number of nitrogens with two attached hydrogens (primary N) is 1. The van der Waals surface area contributed by atoms with Gasteiger partial charge in [0.25, 0.3) is 5.91 Å². The van der Waals surface area contributed by atoms with Gasteiger partial charge in [0, 0.05) is 11.9 Å². The van der Waals surface area contributed by atoms with Gasteiger partial charge in [0.1, 0.15) is 5.82 Å². The number of nitrogen functional groups attached to an aromatic ring is 1. The summed E-state index contributed by atoms with van der Waals surface area (Å²) in [4.78, 5) is 12.5. The molecular formula is C13H13FN2OS. The molecule has 5 heteroatoms. The number of benzene rings is 1. The summed E-state index contributed by atoms with van der Waals surface area (Å²) in [5, 5.41) is 3.00. The molecule has 0 bridgehead atoms. The lowest BCUT2D eigenvalue weighted by Crippen LogP contribution is -2.19. The van der Waals surface area contributed by atoms with Crippen LogP contribution < -0.4 is 11.1 Å². The van der Waals surface area contributed by atoms with Gasteiger partial charge in [-0.25, -0.2) is 4.39 Å². The quantitative estimate of drug-likeness (QED) is 0.876. The first-order chi connectivity index (χ1) is 8.54. The third-order valence-electron chi connectivity index (χ3n) is 2.71. The molecule has 94 valence electrons. The second-order valence-electron chi connectivity index (χ2n) is 3.88. The summed E-state index contributed by atoms with van der Waals surface area (Å²) < 4.78 is 13.2. The van der Waals surface area contributed by atoms with E-state index in [0.717, 1.165) is 16.0 Å². The molecule has 0 spiro atoms. The van der Waals surface area contributed by atoms with Crippen LogP contribution in [0, 0.1) is 12.7 Å². The number of hydrogen-bond donors (Lipinski definition) is 2. The highest BCUT2D eigenvalue weighted by atomic mass is 32.1. The summed E-state index contributed by atoms with van der Waals surface area (Å²) >= 11 is 1.30. The molecule has 1 heterocycles. The van der Waals surface area contributed by atoms with Crippen LogP contribution >= 0.6 is 11.3 Å². The van der Waals surface area contributed by atoms with Crippen LogP contribution in [0.5, 0.6) is 0 Å². The van der Waals surface area contributed by atoms with Crippen molar-refractivity contribution in [2.45, 2.75) is 6.92 Å². The maximum absolute atomic E-state index is 13.2. The molecule has 2 aromatic rings. The van der Waals surface area contributed by atoms with Crippen molar-refractivity contribution in [3.63, 3.8) is 0 Å². The second kappa shape index (κ2) is 4.78. The van der Waals surface area contributed by atoms with Crippen molar-refractivity contribution in [1.29, 1.82) is 0 Å². The zero-order valence-corrected chi connectivity index (χ0v) is 10.9. The highest BCUT2D eigenvalue weighted by Crippen LogP contribution is 2.38. The Morgan fingerprint density at radius 1 is 1.44 bits per heavy atom. The highest BCUT2D eigenvalue weighted by Gasteiger charge is 2.19. The van der Waals surface area contributed by atoms with Gasteiger partial charge in [-0.3, -0.25) is 4.79 Å². The Balaban J connectivity index is 2.57. The van der Waals surface area contributed by atoms with Crippen molar-refractivity contribution >= 4 is 22.2 Å². The van der Waals surface area contributed by atoms with E-state index in [1.165, 1.54) is 23.5 Å². The SMILES string of the molecule is CNC(=O)c1c(N)sc(-c2cccc(F)c2)c1C. The molecule has 1 aromatic heterocycles. The molecule has 0 aliphatic heterocycles. The summed E-state index contributed by atoms with van der Waals surface area (Å²) in [7, 11) is 1.56. The standard InChI is InChI=1S/C13H13FN2OS/c1-7-10(13(17)16-2)12(15)18-11(7)8-4-3-5-9(14)6-8/h3-6H,15H2,1-2H3,(H,16,17). The van der Waals surface area contributed by atoms with Crippen molar-refractivity contribution in [1.82, 2.24) is 5.32 Å². The second-order valence-corrected chi connectivity index (χ2v) is 4.94. The smallest absolute Gasteiger partial charge is 0.254 e. The lowest BCUT2D eigenvalue weighted by Gasteiger charge is -2.02. The van der Waals surface area contributed by atoms with Gasteiger partial charge < -0.3 is 11.1 Å². The summed E-state index contributed by atoms with van der Waals surface area (Å²) in [5.41, 5.74) is 7.85. The number of hydrogen-bond acceptors (Lipinski definition) is 3. The molecular weight excluding hydrogens is 251 g/mol. The molecule has 0 aliphatic carbocycles. The average Bonchev–Trinajstić information content (AvgIpc) is 2.64. The van der Waals surface area contributed by atoms with E-state index in [1.807, 2.05) is 6.92 Å². The minimum atomic E-state index is -0.305. The first kappa shape index (κ1) is 12.6. The van der Waals surface area contributed by atoms with E-state index in [9.17, 15) is 9.18 Å². The molecule has 3 nitrogen and oxygen atoms in total. The normalized spacial score (nSPS) is 10.4. The fourth-order valence-electron chi connectivity index (χ4n) is 1.85. The van der Waals surface area contributed by atoms with Crippen molar-refractivity contribution in [2.75, 3.05) is 12.8 Å². The maximum atomic E-state index is 13.2. The van der Waals surface area contributed by atoms with Crippen LogP contribution in [-0.4, -0.2) is 13.0 Å². The van der Waals surface area contributed by atoms with E-state index in [4.69, 9.17) is 5.73 Å². The van der Waals surface area contributed by atoms with E-state index >= 15 is 0 Å². The third-order valence-corrected chi connectivity index (χ3v) is 3.88. The largest absolute Gasteiger partial charge is 0.390 e. The Bertz CT molecular complexity index is 607. The Morgan fingerprint density at radius 3 is 2.78 bits per heavy atom. The number of halogens is 1. The van der Waals surface area contributed by atoms with Crippen LogP contribution in [0.2, 0.25) is 0 Å². The first-order valence-corrected chi connectivity index (χ1v) is 6.23. The van der Waals surface area contributed by atoms with Crippen LogP contribution in [0.1, 0.15) is 15.9 Å². The number of amides is 1. The zero-order valence-electron chi connectivity index (χ0n) is 10.1. The van der Waals surface area contributed by atoms with Gasteiger partial charge in [0.15, 0.2) is 0 Å². The van der Waals surface area contributed by atoms with E-state index < -0.39 is 0 Å². The van der Waals surface area contributed by atoms with E-state index in [1.54, 1.807) is 19.2 Å². The van der Waals surface area contributed by atoms with Gasteiger partial charge in [-0.2, -0.15) is 0 Å². The predicted octanol–water partition coefficient (Wildman–Crippen LogP) is 2.80. The van der Waals surface area contributed by atoms with Gasteiger partial charge in [0.05, 0.1) is 10.6 Å². The molecule has 18 heavy (non-hydrogen) atoms. The molecule has 3 N–H and O–H groups in total. The van der Waals surface area contributed by atoms with Gasteiger partial charge in [-0.05, 0) is 30.2 Å². The van der Waals surface area contributed by atoms with Crippen LogP contribution in [0.25, 0.3) is 10.4 Å². The number of nitrogens with one attached hydrogen (secondary N) is 1. The van der Waals surface area contributed by atoms with Crippen LogP contribution in [0.3, 0.4) is 0 Å². The Labute approximate surface area is 108 Å². The molecule has 0 atom stereocenters. The first-order valence-electron chi connectivity index (χ1n) is 5.41. The third kappa shape index (κ3) is 2.09. The molecule has 0 unspecified atom stereocenters. The number of carbonyl (C=O) groups is 1. The number of anilines is 1. The Kier molecular flexibility index (Phi) is 3.34.